The van der Waals surface area contributed by atoms with Crippen molar-refractivity contribution in [3.8, 4) is 0 Å². The molecule has 0 saturated carbocycles. The van der Waals surface area contributed by atoms with E-state index in [2.05, 4.69) is 9.97 Å². The minimum atomic E-state index is -0.586. The van der Waals surface area contributed by atoms with Crippen molar-refractivity contribution in [3.63, 3.8) is 0 Å². The molecule has 0 fully saturated rings. The van der Waals surface area contributed by atoms with Crippen molar-refractivity contribution in [2.24, 2.45) is 5.73 Å². The zero-order valence-corrected chi connectivity index (χ0v) is 9.11. The van der Waals surface area contributed by atoms with E-state index in [1.165, 1.54) is 0 Å². The summed E-state index contributed by atoms with van der Waals surface area (Å²) >= 11 is 0. The molecule has 0 unspecified atom stereocenters. The summed E-state index contributed by atoms with van der Waals surface area (Å²) in [5.41, 5.74) is 5.85. The van der Waals surface area contributed by atoms with E-state index in [9.17, 15) is 4.79 Å². The Morgan fingerprint density at radius 1 is 1.43 bits per heavy atom. The zero-order valence-electron chi connectivity index (χ0n) is 9.11. The average Bonchev–Trinajstić information content (AvgIpc) is 2.21. The van der Waals surface area contributed by atoms with Gasteiger partial charge in [-0.05, 0) is 12.0 Å². The molecule has 0 aliphatic rings. The highest BCUT2D eigenvalue weighted by molar-refractivity contribution is 5.88. The van der Waals surface area contributed by atoms with Crippen LogP contribution in [0.25, 0.3) is 0 Å². The maximum absolute atomic E-state index is 10.7. The van der Waals surface area contributed by atoms with E-state index in [1.54, 1.807) is 12.3 Å². The molecule has 2 N–H and O–H groups in total. The summed E-state index contributed by atoms with van der Waals surface area (Å²) in [6, 6.07) is 1.77. The van der Waals surface area contributed by atoms with Gasteiger partial charge in [-0.2, -0.15) is 0 Å². The van der Waals surface area contributed by atoms with Gasteiger partial charge >= 0.3 is 0 Å². The van der Waals surface area contributed by atoms with Gasteiger partial charge in [-0.1, -0.05) is 27.7 Å². The van der Waals surface area contributed by atoms with Crippen LogP contribution in [-0.4, -0.2) is 15.9 Å². The fourth-order valence-electron chi connectivity index (χ4n) is 0.813. The predicted octanol–water partition coefficient (Wildman–Crippen LogP) is 1.73. The Kier molecular flexibility index (Phi) is 5.44. The molecule has 1 rings (SSSR count). The highest BCUT2D eigenvalue weighted by atomic mass is 16.1. The van der Waals surface area contributed by atoms with E-state index in [0.717, 1.165) is 5.69 Å². The van der Waals surface area contributed by atoms with Crippen molar-refractivity contribution >= 4 is 5.91 Å². The van der Waals surface area contributed by atoms with Gasteiger partial charge in [0.15, 0.2) is 0 Å². The van der Waals surface area contributed by atoms with Gasteiger partial charge < -0.3 is 5.73 Å². The summed E-state index contributed by atoms with van der Waals surface area (Å²) in [4.78, 5) is 18.4. The topological polar surface area (TPSA) is 68.9 Å². The zero-order chi connectivity index (χ0) is 11.1. The standard InChI is InChI=1S/C8H11N3O.C2H6/c1-5(2)6-3-4-10-8(11-6)7(9)12;1-2/h3-5H,1-2H3,(H2,9,12);1-2H3. The Balaban J connectivity index is 0.000000791. The molecular weight excluding hydrogens is 178 g/mol. The van der Waals surface area contributed by atoms with Gasteiger partial charge in [0.05, 0.1) is 0 Å². The second-order valence-electron chi connectivity index (χ2n) is 2.82. The lowest BCUT2D eigenvalue weighted by molar-refractivity contribution is 0.0990. The minimum absolute atomic E-state index is 0.0844. The number of rotatable bonds is 2. The van der Waals surface area contributed by atoms with E-state index in [1.807, 2.05) is 27.7 Å². The van der Waals surface area contributed by atoms with Crippen LogP contribution in [0.3, 0.4) is 0 Å². The van der Waals surface area contributed by atoms with Crippen LogP contribution in [0, 0.1) is 0 Å². The number of nitrogens with two attached hydrogens (primary N) is 1. The number of hydrogen-bond donors (Lipinski definition) is 1. The largest absolute Gasteiger partial charge is 0.363 e. The molecule has 4 heteroatoms. The summed E-state index contributed by atoms with van der Waals surface area (Å²) < 4.78 is 0. The Bertz CT molecular complexity index is 297. The molecule has 1 heterocycles. The highest BCUT2D eigenvalue weighted by Crippen LogP contribution is 2.09. The summed E-state index contributed by atoms with van der Waals surface area (Å²) in [6.45, 7) is 7.99. The second kappa shape index (κ2) is 6.07. The van der Waals surface area contributed by atoms with Gasteiger partial charge in [0, 0.05) is 11.9 Å². The van der Waals surface area contributed by atoms with E-state index < -0.39 is 5.91 Å². The van der Waals surface area contributed by atoms with Crippen molar-refractivity contribution in [2.75, 3.05) is 0 Å². The summed E-state index contributed by atoms with van der Waals surface area (Å²) in [6.07, 6.45) is 1.54. The van der Waals surface area contributed by atoms with Crippen LogP contribution in [0.15, 0.2) is 12.3 Å². The van der Waals surface area contributed by atoms with Gasteiger partial charge in [0.1, 0.15) is 0 Å². The first-order valence-corrected chi connectivity index (χ1v) is 4.74. The molecule has 0 aromatic carbocycles. The van der Waals surface area contributed by atoms with E-state index in [0.29, 0.717) is 0 Å². The average molecular weight is 195 g/mol. The quantitative estimate of drug-likeness (QED) is 0.781. The Labute approximate surface area is 84.6 Å². The Morgan fingerprint density at radius 3 is 2.43 bits per heavy atom. The number of carbonyl (C=O) groups excluding carboxylic acids is 1. The van der Waals surface area contributed by atoms with Crippen LogP contribution in [-0.2, 0) is 0 Å². The molecule has 0 bridgehead atoms. The number of carbonyl (C=O) groups is 1. The van der Waals surface area contributed by atoms with Crippen molar-refractivity contribution in [1.82, 2.24) is 9.97 Å². The van der Waals surface area contributed by atoms with Crippen molar-refractivity contribution in [1.29, 1.82) is 0 Å². The van der Waals surface area contributed by atoms with E-state index >= 15 is 0 Å². The number of amides is 1. The molecule has 0 aliphatic carbocycles. The van der Waals surface area contributed by atoms with Gasteiger partial charge in [-0.3, -0.25) is 4.79 Å². The number of aromatic nitrogens is 2. The monoisotopic (exact) mass is 195 g/mol. The molecule has 78 valence electrons. The molecule has 1 aromatic heterocycles. The number of hydrogen-bond acceptors (Lipinski definition) is 3. The van der Waals surface area contributed by atoms with Gasteiger partial charge in [0.25, 0.3) is 5.91 Å². The second-order valence-corrected chi connectivity index (χ2v) is 2.82. The third-order valence-corrected chi connectivity index (χ3v) is 1.49. The van der Waals surface area contributed by atoms with Crippen molar-refractivity contribution in [3.05, 3.63) is 23.8 Å². The first-order chi connectivity index (χ1) is 6.61. The molecule has 0 aliphatic heterocycles. The van der Waals surface area contributed by atoms with Crippen LogP contribution < -0.4 is 5.73 Å². The molecule has 1 aromatic rings. The lowest BCUT2D eigenvalue weighted by Gasteiger charge is -2.03. The first kappa shape index (κ1) is 12.6. The van der Waals surface area contributed by atoms with Gasteiger partial charge in [-0.15, -0.1) is 0 Å². The Hall–Kier alpha value is -1.45. The van der Waals surface area contributed by atoms with Crippen LogP contribution in [0.4, 0.5) is 0 Å². The fraction of sp³-hybridized carbons (Fsp3) is 0.500. The number of primary amides is 1. The normalized spacial score (nSPS) is 9.21. The van der Waals surface area contributed by atoms with Crippen LogP contribution in [0.5, 0.6) is 0 Å². The van der Waals surface area contributed by atoms with Crippen LogP contribution in [0.2, 0.25) is 0 Å². The molecular formula is C10H17N3O. The molecule has 0 atom stereocenters. The molecule has 14 heavy (non-hydrogen) atoms. The van der Waals surface area contributed by atoms with Gasteiger partial charge in [0.2, 0.25) is 5.82 Å². The summed E-state index contributed by atoms with van der Waals surface area (Å²) in [5.74, 6) is -0.218. The molecule has 1 amide bonds. The molecule has 4 nitrogen and oxygen atoms in total. The first-order valence-electron chi connectivity index (χ1n) is 4.74. The molecule has 0 saturated heterocycles. The third kappa shape index (κ3) is 3.51. The smallest absolute Gasteiger partial charge is 0.286 e. The summed E-state index contributed by atoms with van der Waals surface area (Å²) in [5, 5.41) is 0. The third-order valence-electron chi connectivity index (χ3n) is 1.49. The SMILES string of the molecule is CC.CC(C)c1ccnc(C(N)=O)n1. The van der Waals surface area contributed by atoms with E-state index in [4.69, 9.17) is 5.73 Å². The van der Waals surface area contributed by atoms with E-state index in [-0.39, 0.29) is 11.7 Å². The summed E-state index contributed by atoms with van der Waals surface area (Å²) in [7, 11) is 0. The molecule has 0 radical (unpaired) electrons. The molecule has 0 spiro atoms. The maximum atomic E-state index is 10.7. The predicted molar refractivity (Wildman–Crippen MR) is 56.0 cm³/mol. The maximum Gasteiger partial charge on any atom is 0.286 e. The van der Waals surface area contributed by atoms with Crippen molar-refractivity contribution in [2.45, 2.75) is 33.6 Å². The van der Waals surface area contributed by atoms with Crippen LogP contribution >= 0.6 is 0 Å². The lowest BCUT2D eigenvalue weighted by atomic mass is 10.1. The van der Waals surface area contributed by atoms with Crippen LogP contribution in [0.1, 0.15) is 49.9 Å². The van der Waals surface area contributed by atoms with Gasteiger partial charge in [-0.25, -0.2) is 9.97 Å². The number of nitrogens with zero attached hydrogens (tertiary/aromatic N) is 2. The van der Waals surface area contributed by atoms with Crippen molar-refractivity contribution < 1.29 is 4.79 Å². The lowest BCUT2D eigenvalue weighted by Crippen LogP contribution is -2.16. The minimum Gasteiger partial charge on any atom is -0.363 e. The highest BCUT2D eigenvalue weighted by Gasteiger charge is 2.06. The Morgan fingerprint density at radius 2 is 2.00 bits per heavy atom. The fourth-order valence-corrected chi connectivity index (χ4v) is 0.813.